The van der Waals surface area contributed by atoms with Crippen LogP contribution < -0.4 is 5.32 Å². The molecule has 4 heteroatoms. The van der Waals surface area contributed by atoms with Crippen LogP contribution in [0.15, 0.2) is 29.2 Å². The van der Waals surface area contributed by atoms with Crippen LogP contribution in [0, 0.1) is 11.7 Å². The van der Waals surface area contributed by atoms with Crippen LogP contribution in [0.1, 0.15) is 26.2 Å². The third-order valence-corrected chi connectivity index (χ3v) is 4.71. The van der Waals surface area contributed by atoms with Crippen LogP contribution in [-0.4, -0.2) is 22.5 Å². The summed E-state index contributed by atoms with van der Waals surface area (Å²) in [6.45, 7) is 3.11. The van der Waals surface area contributed by atoms with Gasteiger partial charge in [0.15, 0.2) is 0 Å². The van der Waals surface area contributed by atoms with E-state index < -0.39 is 10.8 Å². The lowest BCUT2D eigenvalue weighted by atomic mass is 10.2. The van der Waals surface area contributed by atoms with Gasteiger partial charge >= 0.3 is 0 Å². The molecule has 2 rings (SSSR count). The van der Waals surface area contributed by atoms with Gasteiger partial charge in [-0.15, -0.1) is 0 Å². The zero-order valence-corrected chi connectivity index (χ0v) is 11.5. The summed E-state index contributed by atoms with van der Waals surface area (Å²) in [5.41, 5.74) is 0. The summed E-state index contributed by atoms with van der Waals surface area (Å²) in [6, 6.07) is 6.33. The first-order valence-electron chi connectivity index (χ1n) is 6.58. The average Bonchev–Trinajstić information content (AvgIpc) is 3.19. The van der Waals surface area contributed by atoms with Gasteiger partial charge in [0.2, 0.25) is 0 Å². The Morgan fingerprint density at radius 1 is 1.39 bits per heavy atom. The van der Waals surface area contributed by atoms with Crippen LogP contribution in [-0.2, 0) is 10.8 Å². The smallest absolute Gasteiger partial charge is 0.123 e. The van der Waals surface area contributed by atoms with Gasteiger partial charge in [0, 0.05) is 16.7 Å². The summed E-state index contributed by atoms with van der Waals surface area (Å²) < 4.78 is 25.0. The van der Waals surface area contributed by atoms with Crippen LogP contribution in [0.5, 0.6) is 0 Å². The lowest BCUT2D eigenvalue weighted by Crippen LogP contribution is -2.36. The lowest BCUT2D eigenvalue weighted by Gasteiger charge is -2.17. The van der Waals surface area contributed by atoms with Crippen molar-refractivity contribution in [2.45, 2.75) is 37.1 Å². The molecule has 18 heavy (non-hydrogen) atoms. The number of rotatable bonds is 7. The Morgan fingerprint density at radius 3 is 2.61 bits per heavy atom. The van der Waals surface area contributed by atoms with E-state index in [9.17, 15) is 8.60 Å². The van der Waals surface area contributed by atoms with E-state index in [0.717, 1.165) is 17.9 Å². The molecule has 0 aliphatic heterocycles. The Bertz CT molecular complexity index is 403. The fourth-order valence-corrected chi connectivity index (χ4v) is 3.38. The second kappa shape index (κ2) is 6.43. The maximum Gasteiger partial charge on any atom is 0.123 e. The van der Waals surface area contributed by atoms with E-state index in [-0.39, 0.29) is 5.82 Å². The molecule has 0 bridgehead atoms. The van der Waals surface area contributed by atoms with Crippen molar-refractivity contribution in [1.29, 1.82) is 0 Å². The Balaban J connectivity index is 1.93. The van der Waals surface area contributed by atoms with Gasteiger partial charge in [-0.2, -0.15) is 0 Å². The van der Waals surface area contributed by atoms with Crippen molar-refractivity contribution < 1.29 is 8.60 Å². The van der Waals surface area contributed by atoms with E-state index in [1.54, 1.807) is 12.1 Å². The minimum absolute atomic E-state index is 0.279. The van der Waals surface area contributed by atoms with Crippen LogP contribution >= 0.6 is 0 Å². The molecule has 100 valence electrons. The third-order valence-electron chi connectivity index (χ3n) is 3.26. The summed E-state index contributed by atoms with van der Waals surface area (Å²) in [6.07, 6.45) is 3.57. The minimum Gasteiger partial charge on any atom is -0.313 e. The predicted octanol–water partition coefficient (Wildman–Crippen LogP) is 2.71. The zero-order valence-electron chi connectivity index (χ0n) is 10.7. The van der Waals surface area contributed by atoms with Gasteiger partial charge in [-0.3, -0.25) is 4.21 Å². The molecule has 1 aromatic carbocycles. The van der Waals surface area contributed by atoms with Gasteiger partial charge in [0.25, 0.3) is 0 Å². The number of benzene rings is 1. The molecule has 2 nitrogen and oxygen atoms in total. The molecule has 1 N–H and O–H groups in total. The predicted molar refractivity (Wildman–Crippen MR) is 72.5 cm³/mol. The Kier molecular flexibility index (Phi) is 4.89. The molecule has 1 aliphatic carbocycles. The molecular weight excluding hydrogens is 249 g/mol. The van der Waals surface area contributed by atoms with Gasteiger partial charge in [-0.05, 0) is 56.0 Å². The first kappa shape index (κ1) is 13.7. The largest absolute Gasteiger partial charge is 0.313 e. The Hall–Kier alpha value is -0.740. The van der Waals surface area contributed by atoms with Crippen LogP contribution in [0.25, 0.3) is 0 Å². The highest BCUT2D eigenvalue weighted by Gasteiger charge is 2.31. The maximum atomic E-state index is 12.8. The van der Waals surface area contributed by atoms with Gasteiger partial charge in [0.1, 0.15) is 5.82 Å². The third kappa shape index (κ3) is 3.89. The Morgan fingerprint density at radius 2 is 2.06 bits per heavy atom. The number of hydrogen-bond acceptors (Lipinski definition) is 2. The maximum absolute atomic E-state index is 12.8. The molecule has 1 fully saturated rings. The van der Waals surface area contributed by atoms with Crippen molar-refractivity contribution in [1.82, 2.24) is 5.32 Å². The molecule has 1 saturated carbocycles. The van der Waals surface area contributed by atoms with Crippen molar-refractivity contribution in [3.05, 3.63) is 30.1 Å². The normalized spacial score (nSPS) is 18.6. The monoisotopic (exact) mass is 269 g/mol. The summed E-state index contributed by atoms with van der Waals surface area (Å²) in [5.74, 6) is 1.04. The van der Waals surface area contributed by atoms with Crippen LogP contribution in [0.3, 0.4) is 0 Å². The van der Waals surface area contributed by atoms with E-state index in [1.807, 2.05) is 0 Å². The summed E-state index contributed by atoms with van der Waals surface area (Å²) in [5, 5.41) is 3.48. The first-order valence-corrected chi connectivity index (χ1v) is 7.90. The first-order chi connectivity index (χ1) is 8.70. The van der Waals surface area contributed by atoms with Gasteiger partial charge in [-0.25, -0.2) is 4.39 Å². The van der Waals surface area contributed by atoms with Crippen molar-refractivity contribution in [3.8, 4) is 0 Å². The summed E-state index contributed by atoms with van der Waals surface area (Å²) in [4.78, 5) is 0.723. The highest BCUT2D eigenvalue weighted by atomic mass is 32.2. The van der Waals surface area contributed by atoms with Crippen molar-refractivity contribution in [2.24, 2.45) is 5.92 Å². The van der Waals surface area contributed by atoms with Gasteiger partial charge < -0.3 is 5.32 Å². The van der Waals surface area contributed by atoms with Crippen LogP contribution in [0.2, 0.25) is 0 Å². The summed E-state index contributed by atoms with van der Waals surface area (Å²) >= 11 is 0. The molecule has 2 atom stereocenters. The van der Waals surface area contributed by atoms with Gasteiger partial charge in [-0.1, -0.05) is 6.92 Å². The van der Waals surface area contributed by atoms with E-state index in [4.69, 9.17) is 0 Å². The van der Waals surface area contributed by atoms with E-state index in [0.29, 0.717) is 17.7 Å². The molecule has 0 aromatic heterocycles. The molecule has 0 saturated heterocycles. The van der Waals surface area contributed by atoms with Gasteiger partial charge in [0.05, 0.1) is 10.8 Å². The topological polar surface area (TPSA) is 29.1 Å². The molecule has 2 unspecified atom stereocenters. The van der Waals surface area contributed by atoms with E-state index >= 15 is 0 Å². The molecule has 0 amide bonds. The highest BCUT2D eigenvalue weighted by molar-refractivity contribution is 7.85. The van der Waals surface area contributed by atoms with Crippen molar-refractivity contribution in [3.63, 3.8) is 0 Å². The van der Waals surface area contributed by atoms with Crippen molar-refractivity contribution >= 4 is 10.8 Å². The number of nitrogens with one attached hydrogen (secondary N) is 1. The fourth-order valence-electron chi connectivity index (χ4n) is 2.04. The van der Waals surface area contributed by atoms with E-state index in [2.05, 4.69) is 12.2 Å². The number of halogens is 1. The molecule has 0 radical (unpaired) electrons. The van der Waals surface area contributed by atoms with E-state index in [1.165, 1.54) is 25.0 Å². The molecule has 1 aliphatic rings. The number of hydrogen-bond donors (Lipinski definition) is 1. The molecule has 1 aromatic rings. The minimum atomic E-state index is -1.03. The molecule has 0 heterocycles. The molecule has 0 spiro atoms. The van der Waals surface area contributed by atoms with Crippen molar-refractivity contribution in [2.75, 3.05) is 12.3 Å². The average molecular weight is 269 g/mol. The van der Waals surface area contributed by atoms with Crippen LogP contribution in [0.4, 0.5) is 4.39 Å². The lowest BCUT2D eigenvalue weighted by molar-refractivity contribution is 0.498. The fraction of sp³-hybridized carbons (Fsp3) is 0.571. The second-order valence-corrected chi connectivity index (χ2v) is 6.36. The standard InChI is InChI=1S/C14H20FNOS/c1-2-9-16-14(11-3-4-11)10-18(17)13-7-5-12(15)6-8-13/h5-8,11,14,16H,2-4,9-10H2,1H3. The highest BCUT2D eigenvalue weighted by Crippen LogP contribution is 2.33. The zero-order chi connectivity index (χ0) is 13.0. The SMILES string of the molecule is CCCNC(CS(=O)c1ccc(F)cc1)C1CC1. The molecular formula is C14H20FNOS. The summed E-state index contributed by atoms with van der Waals surface area (Å²) in [7, 11) is -1.03. The Labute approximate surface area is 110 Å². The second-order valence-electron chi connectivity index (χ2n) is 4.86. The quantitative estimate of drug-likeness (QED) is 0.824.